The van der Waals surface area contributed by atoms with Crippen molar-refractivity contribution in [2.24, 2.45) is 0 Å². The summed E-state index contributed by atoms with van der Waals surface area (Å²) in [6.07, 6.45) is 0.988. The molecule has 2 rings (SSSR count). The molecule has 0 saturated heterocycles. The Morgan fingerprint density at radius 3 is 2.48 bits per heavy atom. The van der Waals surface area contributed by atoms with Crippen LogP contribution in [0.2, 0.25) is 0 Å². The Labute approximate surface area is 121 Å². The van der Waals surface area contributed by atoms with E-state index < -0.39 is 23.7 Å². The summed E-state index contributed by atoms with van der Waals surface area (Å²) in [5.41, 5.74) is 0.273. The number of amides is 1. The van der Waals surface area contributed by atoms with E-state index in [-0.39, 0.29) is 5.56 Å². The molecule has 0 unspecified atom stereocenters. The second kappa shape index (κ2) is 6.35. The highest BCUT2D eigenvalue weighted by Gasteiger charge is 2.21. The maximum Gasteiger partial charge on any atom is 0.326 e. The topological polar surface area (TPSA) is 66.4 Å². The summed E-state index contributed by atoms with van der Waals surface area (Å²) in [6.45, 7) is 1.84. The summed E-state index contributed by atoms with van der Waals surface area (Å²) in [6, 6.07) is 8.27. The Bertz CT molecular complexity index is 684. The van der Waals surface area contributed by atoms with Gasteiger partial charge in [0, 0.05) is 10.9 Å². The van der Waals surface area contributed by atoms with Crippen LogP contribution in [-0.2, 0) is 4.79 Å². The zero-order valence-electron chi connectivity index (χ0n) is 11.6. The van der Waals surface area contributed by atoms with Crippen molar-refractivity contribution in [2.75, 3.05) is 0 Å². The molecule has 0 fully saturated rings. The second-order valence-electron chi connectivity index (χ2n) is 4.79. The van der Waals surface area contributed by atoms with E-state index in [1.54, 1.807) is 24.3 Å². The zero-order valence-corrected chi connectivity index (χ0v) is 11.6. The average Bonchev–Trinajstić information content (AvgIpc) is 2.47. The highest BCUT2D eigenvalue weighted by atomic mass is 19.1. The fraction of sp³-hybridized carbons (Fsp3) is 0.250. The van der Waals surface area contributed by atoms with E-state index in [1.807, 2.05) is 6.92 Å². The number of rotatable bonds is 5. The zero-order chi connectivity index (χ0) is 15.4. The standard InChI is InChI=1S/C16H16FNO3/c1-2-5-14(16(20)21)18-15(19)12-8-9-13(17)11-7-4-3-6-10(11)12/h3-4,6-9,14H,2,5H2,1H3,(H,18,19)(H,20,21)/t14-/m1/s1. The van der Waals surface area contributed by atoms with Crippen LogP contribution in [0.4, 0.5) is 4.39 Å². The van der Waals surface area contributed by atoms with E-state index >= 15 is 0 Å². The molecule has 0 saturated carbocycles. The molecule has 0 aliphatic rings. The highest BCUT2D eigenvalue weighted by Crippen LogP contribution is 2.22. The molecule has 4 nitrogen and oxygen atoms in total. The van der Waals surface area contributed by atoms with Crippen LogP contribution in [0, 0.1) is 5.82 Å². The molecular weight excluding hydrogens is 273 g/mol. The lowest BCUT2D eigenvalue weighted by atomic mass is 10.0. The number of halogens is 1. The fourth-order valence-electron chi connectivity index (χ4n) is 2.24. The molecule has 5 heteroatoms. The lowest BCUT2D eigenvalue weighted by Gasteiger charge is -2.14. The van der Waals surface area contributed by atoms with Crippen molar-refractivity contribution in [3.63, 3.8) is 0 Å². The molecular formula is C16H16FNO3. The van der Waals surface area contributed by atoms with E-state index in [1.165, 1.54) is 12.1 Å². The van der Waals surface area contributed by atoms with Gasteiger partial charge in [-0.15, -0.1) is 0 Å². The minimum Gasteiger partial charge on any atom is -0.480 e. The van der Waals surface area contributed by atoms with Crippen LogP contribution in [0.5, 0.6) is 0 Å². The Balaban J connectivity index is 2.36. The number of hydrogen-bond donors (Lipinski definition) is 2. The van der Waals surface area contributed by atoms with Gasteiger partial charge >= 0.3 is 5.97 Å². The van der Waals surface area contributed by atoms with E-state index in [0.717, 1.165) is 0 Å². The van der Waals surface area contributed by atoms with Gasteiger partial charge in [-0.05, 0) is 23.9 Å². The minimum absolute atomic E-state index is 0.273. The van der Waals surface area contributed by atoms with Crippen LogP contribution < -0.4 is 5.32 Å². The van der Waals surface area contributed by atoms with Crippen molar-refractivity contribution in [3.8, 4) is 0 Å². The van der Waals surface area contributed by atoms with Crippen molar-refractivity contribution in [3.05, 3.63) is 47.8 Å². The number of fused-ring (bicyclic) bond motifs is 1. The van der Waals surface area contributed by atoms with Gasteiger partial charge in [0.05, 0.1) is 0 Å². The molecule has 2 N–H and O–H groups in total. The Morgan fingerprint density at radius 1 is 1.19 bits per heavy atom. The molecule has 0 aromatic heterocycles. The normalized spacial score (nSPS) is 12.1. The van der Waals surface area contributed by atoms with Crippen LogP contribution >= 0.6 is 0 Å². The van der Waals surface area contributed by atoms with Crippen LogP contribution in [-0.4, -0.2) is 23.0 Å². The van der Waals surface area contributed by atoms with Crippen LogP contribution in [0.25, 0.3) is 10.8 Å². The summed E-state index contributed by atoms with van der Waals surface area (Å²) in [5.74, 6) is -1.99. The SMILES string of the molecule is CCC[C@@H](NC(=O)c1ccc(F)c2ccccc12)C(=O)O. The summed E-state index contributed by atoms with van der Waals surface area (Å²) in [5, 5.41) is 12.4. The van der Waals surface area contributed by atoms with E-state index in [4.69, 9.17) is 5.11 Å². The molecule has 0 bridgehead atoms. The number of hydrogen-bond acceptors (Lipinski definition) is 2. The number of nitrogens with one attached hydrogen (secondary N) is 1. The summed E-state index contributed by atoms with van der Waals surface area (Å²) < 4.78 is 13.7. The lowest BCUT2D eigenvalue weighted by Crippen LogP contribution is -2.40. The molecule has 0 radical (unpaired) electrons. The number of carboxylic acid groups (broad SMARTS) is 1. The van der Waals surface area contributed by atoms with Gasteiger partial charge in [0.15, 0.2) is 0 Å². The van der Waals surface area contributed by atoms with Crippen LogP contribution in [0.15, 0.2) is 36.4 Å². The fourth-order valence-corrected chi connectivity index (χ4v) is 2.24. The first-order valence-corrected chi connectivity index (χ1v) is 6.75. The molecule has 21 heavy (non-hydrogen) atoms. The van der Waals surface area contributed by atoms with Crippen molar-refractivity contribution in [2.45, 2.75) is 25.8 Å². The molecule has 110 valence electrons. The number of benzene rings is 2. The third-order valence-electron chi connectivity index (χ3n) is 3.30. The third-order valence-corrected chi connectivity index (χ3v) is 3.30. The lowest BCUT2D eigenvalue weighted by molar-refractivity contribution is -0.139. The number of carbonyl (C=O) groups excluding carboxylic acids is 1. The smallest absolute Gasteiger partial charge is 0.326 e. The summed E-state index contributed by atoms with van der Waals surface area (Å²) >= 11 is 0. The van der Waals surface area contributed by atoms with Crippen molar-refractivity contribution < 1.29 is 19.1 Å². The first-order chi connectivity index (χ1) is 10.0. The molecule has 1 amide bonds. The first kappa shape index (κ1) is 15.0. The Hall–Kier alpha value is -2.43. The van der Waals surface area contributed by atoms with Gasteiger partial charge in [0.2, 0.25) is 0 Å². The predicted molar refractivity (Wildman–Crippen MR) is 77.7 cm³/mol. The minimum atomic E-state index is -1.07. The van der Waals surface area contributed by atoms with E-state index in [9.17, 15) is 14.0 Å². The monoisotopic (exact) mass is 289 g/mol. The quantitative estimate of drug-likeness (QED) is 0.889. The average molecular weight is 289 g/mol. The third kappa shape index (κ3) is 3.18. The molecule has 0 aliphatic carbocycles. The molecule has 2 aromatic carbocycles. The number of carboxylic acids is 1. The maximum absolute atomic E-state index is 13.7. The molecule has 0 spiro atoms. The van der Waals surface area contributed by atoms with Crippen molar-refractivity contribution >= 4 is 22.6 Å². The summed E-state index contributed by atoms with van der Waals surface area (Å²) in [7, 11) is 0. The molecule has 0 heterocycles. The first-order valence-electron chi connectivity index (χ1n) is 6.75. The van der Waals surface area contributed by atoms with Gasteiger partial charge in [0.1, 0.15) is 11.9 Å². The second-order valence-corrected chi connectivity index (χ2v) is 4.79. The van der Waals surface area contributed by atoms with Crippen molar-refractivity contribution in [1.82, 2.24) is 5.32 Å². The highest BCUT2D eigenvalue weighted by molar-refractivity contribution is 6.08. The van der Waals surface area contributed by atoms with Gasteiger partial charge < -0.3 is 10.4 Å². The van der Waals surface area contributed by atoms with Crippen LogP contribution in [0.3, 0.4) is 0 Å². The van der Waals surface area contributed by atoms with Gasteiger partial charge in [0.25, 0.3) is 5.91 Å². The summed E-state index contributed by atoms with van der Waals surface area (Å²) in [4.78, 5) is 23.4. The van der Waals surface area contributed by atoms with Gasteiger partial charge in [-0.2, -0.15) is 0 Å². The van der Waals surface area contributed by atoms with E-state index in [0.29, 0.717) is 23.6 Å². The van der Waals surface area contributed by atoms with Gasteiger partial charge in [-0.3, -0.25) is 4.79 Å². The number of carbonyl (C=O) groups is 2. The Morgan fingerprint density at radius 2 is 1.86 bits per heavy atom. The van der Waals surface area contributed by atoms with E-state index in [2.05, 4.69) is 5.32 Å². The van der Waals surface area contributed by atoms with Crippen molar-refractivity contribution in [1.29, 1.82) is 0 Å². The predicted octanol–water partition coefficient (Wildman–Crippen LogP) is 2.96. The van der Waals surface area contributed by atoms with Gasteiger partial charge in [-0.25, -0.2) is 9.18 Å². The maximum atomic E-state index is 13.7. The Kier molecular flexibility index (Phi) is 4.52. The molecule has 0 aliphatic heterocycles. The van der Waals surface area contributed by atoms with Crippen LogP contribution in [0.1, 0.15) is 30.1 Å². The van der Waals surface area contributed by atoms with Gasteiger partial charge in [-0.1, -0.05) is 37.6 Å². The molecule has 1 atom stereocenters. The largest absolute Gasteiger partial charge is 0.480 e. The molecule has 2 aromatic rings. The number of aliphatic carboxylic acids is 1.